The number of para-hydroxylation sites is 1. The van der Waals surface area contributed by atoms with E-state index in [1.165, 1.54) is 24.3 Å². The summed E-state index contributed by atoms with van der Waals surface area (Å²) in [6.45, 7) is -2.34. The van der Waals surface area contributed by atoms with E-state index in [9.17, 15) is 32.9 Å². The molecule has 2 amide bonds. The number of rotatable bonds is 6. The quantitative estimate of drug-likeness (QED) is 0.402. The Labute approximate surface area is 163 Å². The smallest absolute Gasteiger partial charge is 0.274 e. The van der Waals surface area contributed by atoms with Crippen LogP contribution in [0.15, 0.2) is 24.3 Å². The summed E-state index contributed by atoms with van der Waals surface area (Å²) < 4.78 is 39.2. The molecule has 3 rings (SSSR count). The van der Waals surface area contributed by atoms with E-state index in [1.54, 1.807) is 11.8 Å². The summed E-state index contributed by atoms with van der Waals surface area (Å²) in [5.74, 6) is 0.270. The van der Waals surface area contributed by atoms with Gasteiger partial charge in [0.15, 0.2) is 0 Å². The highest BCUT2D eigenvalue weighted by Gasteiger charge is 2.53. The van der Waals surface area contributed by atoms with Crippen molar-refractivity contribution in [2.24, 2.45) is 5.41 Å². The standard InChI is InChI=1S/C17H18F3N3O4S/c18-17(19,20)9-21(8-12-3-1-2-4-13(12)23(26)27)11-22-14(24)7-16(15(22)25)5-6-28-10-16/h1-4H,5-11H2. The van der Waals surface area contributed by atoms with Gasteiger partial charge in [0.25, 0.3) is 5.69 Å². The van der Waals surface area contributed by atoms with Gasteiger partial charge < -0.3 is 0 Å². The summed E-state index contributed by atoms with van der Waals surface area (Å²) in [6.07, 6.45) is -4.05. The fourth-order valence-corrected chi connectivity index (χ4v) is 5.03. The van der Waals surface area contributed by atoms with Gasteiger partial charge in [0.1, 0.15) is 0 Å². The summed E-state index contributed by atoms with van der Waals surface area (Å²) in [7, 11) is 0. The van der Waals surface area contributed by atoms with Crippen LogP contribution >= 0.6 is 11.8 Å². The van der Waals surface area contributed by atoms with Crippen LogP contribution in [0.25, 0.3) is 0 Å². The number of hydrogen-bond donors (Lipinski definition) is 0. The topological polar surface area (TPSA) is 83.8 Å². The van der Waals surface area contributed by atoms with E-state index in [0.29, 0.717) is 12.2 Å². The number of nitro benzene ring substituents is 1. The monoisotopic (exact) mass is 417 g/mol. The van der Waals surface area contributed by atoms with Gasteiger partial charge in [-0.25, -0.2) is 0 Å². The predicted molar refractivity (Wildman–Crippen MR) is 95.3 cm³/mol. The molecule has 0 radical (unpaired) electrons. The molecule has 11 heteroatoms. The minimum Gasteiger partial charge on any atom is -0.274 e. The Morgan fingerprint density at radius 2 is 2.00 bits per heavy atom. The maximum absolute atomic E-state index is 13.1. The van der Waals surface area contributed by atoms with Crippen LogP contribution in [0.2, 0.25) is 0 Å². The number of halogens is 3. The molecule has 0 aliphatic carbocycles. The summed E-state index contributed by atoms with van der Waals surface area (Å²) in [5.41, 5.74) is -1.04. The zero-order valence-electron chi connectivity index (χ0n) is 14.8. The molecule has 0 saturated carbocycles. The van der Waals surface area contributed by atoms with Gasteiger partial charge in [-0.2, -0.15) is 24.9 Å². The van der Waals surface area contributed by atoms with Crippen molar-refractivity contribution in [1.29, 1.82) is 0 Å². The van der Waals surface area contributed by atoms with Crippen molar-refractivity contribution in [2.75, 3.05) is 24.7 Å². The Bertz CT molecular complexity index is 796. The second-order valence-electron chi connectivity index (χ2n) is 7.02. The molecular formula is C17H18F3N3O4S. The summed E-state index contributed by atoms with van der Waals surface area (Å²) in [6, 6.07) is 5.48. The number of amides is 2. The molecule has 2 aliphatic heterocycles. The van der Waals surface area contributed by atoms with Crippen molar-refractivity contribution in [3.63, 3.8) is 0 Å². The number of nitro groups is 1. The van der Waals surface area contributed by atoms with Crippen molar-refractivity contribution in [1.82, 2.24) is 9.80 Å². The maximum atomic E-state index is 13.1. The zero-order valence-corrected chi connectivity index (χ0v) is 15.6. The first-order valence-electron chi connectivity index (χ1n) is 8.55. The largest absolute Gasteiger partial charge is 0.401 e. The molecular weight excluding hydrogens is 399 g/mol. The molecule has 2 aliphatic rings. The van der Waals surface area contributed by atoms with E-state index < -0.39 is 48.1 Å². The lowest BCUT2D eigenvalue weighted by atomic mass is 9.86. The Kier molecular flexibility index (Phi) is 5.67. The second-order valence-corrected chi connectivity index (χ2v) is 8.12. The average molecular weight is 417 g/mol. The van der Waals surface area contributed by atoms with E-state index >= 15 is 0 Å². The number of hydrogen-bond acceptors (Lipinski definition) is 6. The van der Waals surface area contributed by atoms with Gasteiger partial charge in [0.2, 0.25) is 11.8 Å². The SMILES string of the molecule is O=C1CC2(CCSC2)C(=O)N1CN(Cc1ccccc1[N+](=O)[O-])CC(F)(F)F. The lowest BCUT2D eigenvalue weighted by Gasteiger charge is -2.28. The predicted octanol–water partition coefficient (Wildman–Crippen LogP) is 2.80. The number of imide groups is 1. The highest BCUT2D eigenvalue weighted by molar-refractivity contribution is 7.99. The van der Waals surface area contributed by atoms with Crippen molar-refractivity contribution in [3.8, 4) is 0 Å². The van der Waals surface area contributed by atoms with Crippen LogP contribution in [0.3, 0.4) is 0 Å². The Morgan fingerprint density at radius 1 is 1.29 bits per heavy atom. The minimum atomic E-state index is -4.59. The van der Waals surface area contributed by atoms with E-state index in [1.807, 2.05) is 0 Å². The molecule has 28 heavy (non-hydrogen) atoms. The molecule has 152 valence electrons. The Morgan fingerprint density at radius 3 is 2.61 bits per heavy atom. The molecule has 0 bridgehead atoms. The van der Waals surface area contributed by atoms with Crippen LogP contribution in [0.4, 0.5) is 18.9 Å². The third-order valence-electron chi connectivity index (χ3n) is 4.92. The van der Waals surface area contributed by atoms with Crippen LogP contribution in [0.1, 0.15) is 18.4 Å². The maximum Gasteiger partial charge on any atom is 0.401 e. The number of likely N-dealkylation sites (tertiary alicyclic amines) is 1. The summed E-state index contributed by atoms with van der Waals surface area (Å²) >= 11 is 1.55. The molecule has 1 aromatic rings. The molecule has 1 aromatic carbocycles. The molecule has 1 atom stereocenters. The normalized spacial score (nSPS) is 22.6. The van der Waals surface area contributed by atoms with Crippen LogP contribution in [0, 0.1) is 15.5 Å². The zero-order chi connectivity index (χ0) is 20.5. The van der Waals surface area contributed by atoms with E-state index in [4.69, 9.17) is 0 Å². The molecule has 1 spiro atoms. The van der Waals surface area contributed by atoms with Gasteiger partial charge >= 0.3 is 6.18 Å². The van der Waals surface area contributed by atoms with Gasteiger partial charge in [-0.1, -0.05) is 18.2 Å². The van der Waals surface area contributed by atoms with Crippen molar-refractivity contribution < 1.29 is 27.7 Å². The number of nitrogens with zero attached hydrogens (tertiary/aromatic N) is 3. The van der Waals surface area contributed by atoms with Crippen LogP contribution in [-0.2, 0) is 16.1 Å². The number of alkyl halides is 3. The van der Waals surface area contributed by atoms with Crippen molar-refractivity contribution in [3.05, 3.63) is 39.9 Å². The van der Waals surface area contributed by atoms with Crippen LogP contribution in [0.5, 0.6) is 0 Å². The molecule has 0 N–H and O–H groups in total. The number of carbonyl (C=O) groups is 2. The first kappa shape index (κ1) is 20.6. The van der Waals surface area contributed by atoms with E-state index in [0.717, 1.165) is 15.6 Å². The Hall–Kier alpha value is -2.14. The minimum absolute atomic E-state index is 0.00414. The van der Waals surface area contributed by atoms with Gasteiger partial charge in [0, 0.05) is 30.3 Å². The number of thioether (sulfide) groups is 1. The van der Waals surface area contributed by atoms with Crippen LogP contribution < -0.4 is 0 Å². The molecule has 7 nitrogen and oxygen atoms in total. The van der Waals surface area contributed by atoms with Crippen molar-refractivity contribution in [2.45, 2.75) is 25.6 Å². The number of carbonyl (C=O) groups excluding carboxylic acids is 2. The lowest BCUT2D eigenvalue weighted by Crippen LogP contribution is -2.46. The first-order valence-corrected chi connectivity index (χ1v) is 9.71. The third kappa shape index (κ3) is 4.30. The van der Waals surface area contributed by atoms with Crippen molar-refractivity contribution >= 4 is 29.3 Å². The van der Waals surface area contributed by atoms with Gasteiger partial charge in [0.05, 0.1) is 23.6 Å². The summed E-state index contributed by atoms with van der Waals surface area (Å²) in [5, 5.41) is 11.2. The highest BCUT2D eigenvalue weighted by Crippen LogP contribution is 2.45. The molecule has 0 aromatic heterocycles. The lowest BCUT2D eigenvalue weighted by molar-refractivity contribution is -0.385. The second kappa shape index (κ2) is 7.70. The van der Waals surface area contributed by atoms with E-state index in [-0.39, 0.29) is 17.7 Å². The highest BCUT2D eigenvalue weighted by atomic mass is 32.2. The fourth-order valence-electron chi connectivity index (χ4n) is 3.59. The van der Waals surface area contributed by atoms with Gasteiger partial charge in [-0.05, 0) is 12.2 Å². The number of benzene rings is 1. The van der Waals surface area contributed by atoms with Crippen LogP contribution in [-0.4, -0.2) is 57.4 Å². The Balaban J connectivity index is 1.82. The molecule has 2 saturated heterocycles. The summed E-state index contributed by atoms with van der Waals surface area (Å²) in [4.78, 5) is 37.3. The average Bonchev–Trinajstić information content (AvgIpc) is 3.15. The third-order valence-corrected chi connectivity index (χ3v) is 6.17. The van der Waals surface area contributed by atoms with Gasteiger partial charge in [-0.3, -0.25) is 29.5 Å². The molecule has 2 fully saturated rings. The molecule has 2 heterocycles. The fraction of sp³-hybridized carbons (Fsp3) is 0.529. The van der Waals surface area contributed by atoms with E-state index in [2.05, 4.69) is 0 Å². The molecule has 1 unspecified atom stereocenters. The van der Waals surface area contributed by atoms with Gasteiger partial charge in [-0.15, -0.1) is 0 Å². The first-order chi connectivity index (χ1) is 13.1.